The van der Waals surface area contributed by atoms with Gasteiger partial charge < -0.3 is 10.6 Å². The standard InChI is InChI=1S/C14H16BrN3O3S/c1-14(2,3)21-11(19)7-22-13-17-10-5-4-8(15)6-9(10)12(20)18(13)16/h4-6H,7,16H2,1-3H3. The molecule has 0 atom stereocenters. The van der Waals surface area contributed by atoms with Gasteiger partial charge in [-0.1, -0.05) is 27.7 Å². The van der Waals surface area contributed by atoms with Gasteiger partial charge >= 0.3 is 5.97 Å². The van der Waals surface area contributed by atoms with Crippen molar-refractivity contribution in [2.45, 2.75) is 31.5 Å². The second-order valence-electron chi connectivity index (χ2n) is 5.61. The maximum atomic E-state index is 12.2. The average Bonchev–Trinajstić information content (AvgIpc) is 2.40. The van der Waals surface area contributed by atoms with Crippen molar-refractivity contribution in [2.75, 3.05) is 11.6 Å². The van der Waals surface area contributed by atoms with Crippen LogP contribution in [-0.4, -0.2) is 27.0 Å². The number of hydrogen-bond acceptors (Lipinski definition) is 6. The maximum Gasteiger partial charge on any atom is 0.316 e. The van der Waals surface area contributed by atoms with Crippen molar-refractivity contribution in [1.82, 2.24) is 9.66 Å². The molecule has 0 saturated heterocycles. The van der Waals surface area contributed by atoms with E-state index < -0.39 is 5.60 Å². The van der Waals surface area contributed by atoms with E-state index in [0.29, 0.717) is 10.9 Å². The molecule has 0 saturated carbocycles. The summed E-state index contributed by atoms with van der Waals surface area (Å²) in [5.41, 5.74) is -0.386. The fourth-order valence-corrected chi connectivity index (χ4v) is 2.80. The highest BCUT2D eigenvalue weighted by Gasteiger charge is 2.18. The predicted molar refractivity (Wildman–Crippen MR) is 90.4 cm³/mol. The number of nitrogens with zero attached hydrogens (tertiary/aromatic N) is 2. The zero-order valence-electron chi connectivity index (χ0n) is 12.4. The van der Waals surface area contributed by atoms with E-state index in [0.717, 1.165) is 20.9 Å². The molecular formula is C14H16BrN3O3S. The molecule has 2 aromatic rings. The molecule has 0 spiro atoms. The van der Waals surface area contributed by atoms with Crippen LogP contribution in [0.2, 0.25) is 0 Å². The largest absolute Gasteiger partial charge is 0.459 e. The molecule has 1 heterocycles. The molecule has 1 aromatic carbocycles. The van der Waals surface area contributed by atoms with Gasteiger partial charge in [-0.05, 0) is 39.0 Å². The SMILES string of the molecule is CC(C)(C)OC(=O)CSc1nc2ccc(Br)cc2c(=O)n1N. The number of rotatable bonds is 3. The first kappa shape index (κ1) is 16.8. The first-order valence-electron chi connectivity index (χ1n) is 6.49. The van der Waals surface area contributed by atoms with E-state index in [1.165, 1.54) is 0 Å². The van der Waals surface area contributed by atoms with Crippen molar-refractivity contribution < 1.29 is 9.53 Å². The minimum absolute atomic E-state index is 0.0307. The molecule has 118 valence electrons. The van der Waals surface area contributed by atoms with Crippen molar-refractivity contribution >= 4 is 44.6 Å². The Morgan fingerprint density at radius 1 is 1.45 bits per heavy atom. The Morgan fingerprint density at radius 3 is 2.77 bits per heavy atom. The van der Waals surface area contributed by atoms with E-state index in [1.54, 1.807) is 39.0 Å². The minimum Gasteiger partial charge on any atom is -0.459 e. The van der Waals surface area contributed by atoms with E-state index in [-0.39, 0.29) is 22.4 Å². The van der Waals surface area contributed by atoms with Gasteiger partial charge in [-0.3, -0.25) is 9.59 Å². The molecule has 0 unspecified atom stereocenters. The van der Waals surface area contributed by atoms with E-state index in [4.69, 9.17) is 10.6 Å². The van der Waals surface area contributed by atoms with Gasteiger partial charge in [0.15, 0.2) is 5.16 Å². The van der Waals surface area contributed by atoms with E-state index in [1.807, 2.05) is 0 Å². The minimum atomic E-state index is -0.552. The number of benzene rings is 1. The summed E-state index contributed by atoms with van der Waals surface area (Å²) in [6, 6.07) is 5.17. The quantitative estimate of drug-likeness (QED) is 0.377. The summed E-state index contributed by atoms with van der Waals surface area (Å²) in [5, 5.41) is 0.684. The first-order valence-corrected chi connectivity index (χ1v) is 8.27. The number of hydrogen-bond donors (Lipinski definition) is 1. The van der Waals surface area contributed by atoms with E-state index >= 15 is 0 Å². The molecule has 2 rings (SSSR count). The van der Waals surface area contributed by atoms with Crippen LogP contribution in [0.15, 0.2) is 32.6 Å². The second kappa shape index (κ2) is 6.29. The lowest BCUT2D eigenvalue weighted by atomic mass is 10.2. The lowest BCUT2D eigenvalue weighted by Crippen LogP contribution is -2.30. The number of esters is 1. The van der Waals surface area contributed by atoms with Crippen LogP contribution < -0.4 is 11.4 Å². The molecule has 8 heteroatoms. The highest BCUT2D eigenvalue weighted by molar-refractivity contribution is 9.10. The third-order valence-corrected chi connectivity index (χ3v) is 3.99. The van der Waals surface area contributed by atoms with Gasteiger partial charge in [0, 0.05) is 4.47 Å². The lowest BCUT2D eigenvalue weighted by molar-refractivity contribution is -0.151. The van der Waals surface area contributed by atoms with Crippen LogP contribution in [0.4, 0.5) is 0 Å². The summed E-state index contributed by atoms with van der Waals surface area (Å²) < 4.78 is 6.93. The molecule has 0 aliphatic carbocycles. The topological polar surface area (TPSA) is 87.2 Å². The number of halogens is 1. The maximum absolute atomic E-state index is 12.2. The highest BCUT2D eigenvalue weighted by Crippen LogP contribution is 2.20. The number of nitrogens with two attached hydrogens (primary N) is 1. The predicted octanol–water partition coefficient (Wildman–Crippen LogP) is 2.31. The monoisotopic (exact) mass is 385 g/mol. The fraction of sp³-hybridized carbons (Fsp3) is 0.357. The van der Waals surface area contributed by atoms with Crippen molar-refractivity contribution in [3.63, 3.8) is 0 Å². The Bertz CT molecular complexity index is 783. The van der Waals surface area contributed by atoms with Gasteiger partial charge in [-0.15, -0.1) is 0 Å². The number of carbonyl (C=O) groups is 1. The summed E-state index contributed by atoms with van der Waals surface area (Å²) in [4.78, 5) is 28.3. The molecule has 1 aromatic heterocycles. The summed E-state index contributed by atoms with van der Waals surface area (Å²) in [7, 11) is 0. The molecule has 2 N–H and O–H groups in total. The van der Waals surface area contributed by atoms with Crippen LogP contribution in [0.25, 0.3) is 10.9 Å². The van der Waals surface area contributed by atoms with Crippen molar-refractivity contribution in [3.8, 4) is 0 Å². The van der Waals surface area contributed by atoms with Gasteiger partial charge in [0.05, 0.1) is 16.7 Å². The molecule has 0 aliphatic rings. The molecule has 0 fully saturated rings. The van der Waals surface area contributed by atoms with Crippen LogP contribution in [0.5, 0.6) is 0 Å². The highest BCUT2D eigenvalue weighted by atomic mass is 79.9. The van der Waals surface area contributed by atoms with Crippen molar-refractivity contribution in [2.24, 2.45) is 0 Å². The molecule has 0 amide bonds. The van der Waals surface area contributed by atoms with Gasteiger partial charge in [-0.25, -0.2) is 9.66 Å². The average molecular weight is 386 g/mol. The van der Waals surface area contributed by atoms with Gasteiger partial charge in [0.2, 0.25) is 0 Å². The Kier molecular flexibility index (Phi) is 4.81. The number of thioether (sulfide) groups is 1. The van der Waals surface area contributed by atoms with Crippen LogP contribution >= 0.6 is 27.7 Å². The lowest BCUT2D eigenvalue weighted by Gasteiger charge is -2.19. The Labute approximate surface area is 140 Å². The van der Waals surface area contributed by atoms with Crippen LogP contribution in [0.3, 0.4) is 0 Å². The third kappa shape index (κ3) is 4.01. The molecule has 0 aliphatic heterocycles. The molecule has 22 heavy (non-hydrogen) atoms. The third-order valence-electron chi connectivity index (χ3n) is 2.57. The van der Waals surface area contributed by atoms with Crippen LogP contribution in [-0.2, 0) is 9.53 Å². The summed E-state index contributed by atoms with van der Waals surface area (Å²) >= 11 is 4.37. The van der Waals surface area contributed by atoms with E-state index in [2.05, 4.69) is 20.9 Å². The number of carbonyl (C=O) groups excluding carboxylic acids is 1. The summed E-state index contributed by atoms with van der Waals surface area (Å²) in [5.74, 6) is 5.41. The molecular weight excluding hydrogens is 370 g/mol. The van der Waals surface area contributed by atoms with E-state index in [9.17, 15) is 9.59 Å². The Hall–Kier alpha value is -1.54. The summed E-state index contributed by atoms with van der Waals surface area (Å²) in [6.07, 6.45) is 0. The first-order chi connectivity index (χ1) is 10.2. The number of fused-ring (bicyclic) bond motifs is 1. The fourth-order valence-electron chi connectivity index (χ4n) is 1.75. The van der Waals surface area contributed by atoms with Crippen LogP contribution in [0.1, 0.15) is 20.8 Å². The Morgan fingerprint density at radius 2 is 2.14 bits per heavy atom. The molecule has 0 radical (unpaired) electrons. The van der Waals surface area contributed by atoms with Gasteiger partial charge in [0.25, 0.3) is 5.56 Å². The number of aromatic nitrogens is 2. The molecule has 6 nitrogen and oxygen atoms in total. The smallest absolute Gasteiger partial charge is 0.316 e. The molecule has 0 bridgehead atoms. The zero-order chi connectivity index (χ0) is 16.5. The zero-order valence-corrected chi connectivity index (χ0v) is 14.8. The Balaban J connectivity index is 2.26. The van der Waals surface area contributed by atoms with Crippen molar-refractivity contribution in [1.29, 1.82) is 0 Å². The van der Waals surface area contributed by atoms with Gasteiger partial charge in [0.1, 0.15) is 5.60 Å². The normalized spacial score (nSPS) is 11.6. The number of ether oxygens (including phenoxy) is 1. The summed E-state index contributed by atoms with van der Waals surface area (Å²) in [6.45, 7) is 5.38. The van der Waals surface area contributed by atoms with Crippen molar-refractivity contribution in [3.05, 3.63) is 33.0 Å². The van der Waals surface area contributed by atoms with Gasteiger partial charge in [-0.2, -0.15) is 0 Å². The van der Waals surface area contributed by atoms with Crippen LogP contribution in [0, 0.1) is 0 Å². The number of nitrogen functional groups attached to an aromatic ring is 1. The second-order valence-corrected chi connectivity index (χ2v) is 7.46.